The van der Waals surface area contributed by atoms with E-state index in [9.17, 15) is 28.1 Å². The molecule has 0 saturated carbocycles. The monoisotopic (exact) mass is 519 g/mol. The Morgan fingerprint density at radius 2 is 1.88 bits per heavy atom. The molecule has 1 amide bonds. The number of hydrogen-bond acceptors (Lipinski definition) is 9. The predicted molar refractivity (Wildman–Crippen MR) is 128 cm³/mol. The van der Waals surface area contributed by atoms with Gasteiger partial charge in [0.05, 0.1) is 31.5 Å². The Balaban J connectivity index is 1.83. The van der Waals surface area contributed by atoms with Gasteiger partial charge in [-0.3, -0.25) is 19.7 Å². The highest BCUT2D eigenvalue weighted by molar-refractivity contribution is 7.90. The zero-order chi connectivity index (χ0) is 24.6. The molecule has 0 radical (unpaired) electrons. The fourth-order valence-corrected chi connectivity index (χ4v) is 5.97. The molecular formula is C21H17N3O7S3. The molecule has 0 aliphatic rings. The van der Waals surface area contributed by atoms with E-state index in [2.05, 4.69) is 4.99 Å². The normalized spacial score (nSPS) is 12.4. The summed E-state index contributed by atoms with van der Waals surface area (Å²) in [6.07, 6.45) is 1.09. The minimum absolute atomic E-state index is 0.0836. The Bertz CT molecular complexity index is 1650. The van der Waals surface area contributed by atoms with E-state index in [1.165, 1.54) is 34.9 Å². The van der Waals surface area contributed by atoms with Gasteiger partial charge in [0.15, 0.2) is 14.6 Å². The van der Waals surface area contributed by atoms with Crippen LogP contribution in [0.2, 0.25) is 0 Å². The number of esters is 1. The number of aromatic nitrogens is 1. The molecule has 2 aromatic carbocycles. The van der Waals surface area contributed by atoms with Crippen LogP contribution in [0.15, 0.2) is 52.4 Å². The van der Waals surface area contributed by atoms with E-state index in [1.54, 1.807) is 19.1 Å². The van der Waals surface area contributed by atoms with E-state index in [0.717, 1.165) is 28.9 Å². The smallest absolute Gasteiger partial charge is 0.326 e. The lowest BCUT2D eigenvalue weighted by Crippen LogP contribution is -2.23. The number of rotatable bonds is 6. The first-order valence-electron chi connectivity index (χ1n) is 9.83. The second-order valence-corrected chi connectivity index (χ2v) is 11.3. The summed E-state index contributed by atoms with van der Waals surface area (Å²) in [5, 5.41) is 11.6. The van der Waals surface area contributed by atoms with Crippen LogP contribution in [-0.4, -0.2) is 42.6 Å². The number of nitrogens with zero attached hydrogens (tertiary/aromatic N) is 3. The van der Waals surface area contributed by atoms with Gasteiger partial charge in [0.2, 0.25) is 0 Å². The maximum absolute atomic E-state index is 13.0. The fourth-order valence-electron chi connectivity index (χ4n) is 3.25. The number of carbonyl (C=O) groups excluding carboxylic acids is 2. The van der Waals surface area contributed by atoms with E-state index in [4.69, 9.17) is 4.74 Å². The first-order valence-corrected chi connectivity index (χ1v) is 13.4. The number of non-ortho nitro benzene ring substituents is 1. The average molecular weight is 520 g/mol. The number of carbonyl (C=O) groups is 2. The standard InChI is InChI=1S/C21H17N3O7S3/c1-3-31-19(25)11-23-15-6-5-14(34(2,29)30)10-17(15)33-21(23)22-20(26)18-9-12-8-13(24(27)28)4-7-16(12)32-18/h4-10H,3,11H2,1-2H3. The molecule has 0 aliphatic heterocycles. The molecule has 4 rings (SSSR count). The van der Waals surface area contributed by atoms with Crippen LogP contribution in [0.25, 0.3) is 20.3 Å². The second-order valence-electron chi connectivity index (χ2n) is 7.18. The molecule has 176 valence electrons. The van der Waals surface area contributed by atoms with Crippen LogP contribution in [0.1, 0.15) is 16.6 Å². The Morgan fingerprint density at radius 3 is 2.56 bits per heavy atom. The van der Waals surface area contributed by atoms with Gasteiger partial charge in [0.25, 0.3) is 11.6 Å². The third-order valence-corrected chi connectivity index (χ3v) is 8.05. The quantitative estimate of drug-likeness (QED) is 0.216. The fraction of sp³-hybridized carbons (Fsp3) is 0.190. The van der Waals surface area contributed by atoms with Crippen molar-refractivity contribution in [3.63, 3.8) is 0 Å². The third kappa shape index (κ3) is 4.76. The molecule has 0 atom stereocenters. The first-order chi connectivity index (χ1) is 16.1. The Kier molecular flexibility index (Phi) is 6.34. The molecule has 0 aliphatic carbocycles. The lowest BCUT2D eigenvalue weighted by Gasteiger charge is -2.05. The van der Waals surface area contributed by atoms with Crippen LogP contribution in [-0.2, 0) is 25.9 Å². The van der Waals surface area contributed by atoms with Crippen molar-refractivity contribution < 1.29 is 27.7 Å². The van der Waals surface area contributed by atoms with Crippen LogP contribution in [0.3, 0.4) is 0 Å². The SMILES string of the molecule is CCOC(=O)Cn1c(=NC(=O)c2cc3cc([N+](=O)[O-])ccc3s2)sc2cc(S(C)(=O)=O)ccc21. The summed E-state index contributed by atoms with van der Waals surface area (Å²) in [7, 11) is -3.46. The van der Waals surface area contributed by atoms with Crippen molar-refractivity contribution in [1.29, 1.82) is 0 Å². The van der Waals surface area contributed by atoms with E-state index >= 15 is 0 Å². The first kappa shape index (κ1) is 23.7. The van der Waals surface area contributed by atoms with Crippen LogP contribution in [0.5, 0.6) is 0 Å². The molecule has 0 N–H and O–H groups in total. The summed E-state index contributed by atoms with van der Waals surface area (Å²) in [5.41, 5.74) is 0.448. The zero-order valence-electron chi connectivity index (χ0n) is 17.9. The Labute approximate surface area is 200 Å². The van der Waals surface area contributed by atoms with E-state index < -0.39 is 26.6 Å². The van der Waals surface area contributed by atoms with Gasteiger partial charge in [-0.1, -0.05) is 11.3 Å². The number of hydrogen-bond donors (Lipinski definition) is 0. The van der Waals surface area contributed by atoms with Gasteiger partial charge in [-0.15, -0.1) is 11.3 Å². The van der Waals surface area contributed by atoms with E-state index in [0.29, 0.717) is 20.3 Å². The number of amides is 1. The Hall–Kier alpha value is -3.42. The molecule has 0 fully saturated rings. The molecule has 13 heteroatoms. The minimum atomic E-state index is -3.46. The molecule has 0 unspecified atom stereocenters. The summed E-state index contributed by atoms with van der Waals surface area (Å²) in [6.45, 7) is 1.64. The molecule has 10 nitrogen and oxygen atoms in total. The number of fused-ring (bicyclic) bond motifs is 2. The maximum Gasteiger partial charge on any atom is 0.326 e. The minimum Gasteiger partial charge on any atom is -0.465 e. The molecule has 0 saturated heterocycles. The maximum atomic E-state index is 13.0. The van der Waals surface area contributed by atoms with Gasteiger partial charge in [-0.05, 0) is 37.3 Å². The molecule has 2 heterocycles. The molecule has 34 heavy (non-hydrogen) atoms. The summed E-state index contributed by atoms with van der Waals surface area (Å²) < 4.78 is 31.7. The Morgan fingerprint density at radius 1 is 1.12 bits per heavy atom. The number of thiazole rings is 1. The van der Waals surface area contributed by atoms with Gasteiger partial charge in [0, 0.05) is 28.5 Å². The molecule has 0 bridgehead atoms. The highest BCUT2D eigenvalue weighted by Crippen LogP contribution is 2.29. The van der Waals surface area contributed by atoms with Crippen LogP contribution in [0, 0.1) is 10.1 Å². The molecule has 0 spiro atoms. The topological polar surface area (TPSA) is 138 Å². The van der Waals surface area contributed by atoms with Gasteiger partial charge in [-0.25, -0.2) is 8.42 Å². The number of benzene rings is 2. The predicted octanol–water partition coefficient (Wildman–Crippen LogP) is 3.53. The average Bonchev–Trinajstić information content (AvgIpc) is 3.34. The number of thiophene rings is 1. The number of sulfone groups is 1. The van der Waals surface area contributed by atoms with Crippen molar-refractivity contribution >= 4 is 70.4 Å². The summed E-state index contributed by atoms with van der Waals surface area (Å²) in [6, 6.07) is 10.3. The van der Waals surface area contributed by atoms with Crippen molar-refractivity contribution in [3.05, 3.63) is 62.3 Å². The molecule has 2 aromatic heterocycles. The lowest BCUT2D eigenvalue weighted by atomic mass is 10.2. The second kappa shape index (κ2) is 9.08. The largest absolute Gasteiger partial charge is 0.465 e. The van der Waals surface area contributed by atoms with Crippen molar-refractivity contribution in [2.75, 3.05) is 12.9 Å². The summed E-state index contributed by atoms with van der Waals surface area (Å²) in [4.78, 5) is 40.4. The summed E-state index contributed by atoms with van der Waals surface area (Å²) in [5.74, 6) is -1.12. The number of nitro groups is 1. The van der Waals surface area contributed by atoms with Gasteiger partial charge < -0.3 is 9.30 Å². The van der Waals surface area contributed by atoms with Crippen LogP contribution < -0.4 is 4.80 Å². The highest BCUT2D eigenvalue weighted by atomic mass is 32.2. The number of nitro benzene ring substituents is 1. The zero-order valence-corrected chi connectivity index (χ0v) is 20.3. The van der Waals surface area contributed by atoms with Crippen molar-refractivity contribution in [2.24, 2.45) is 4.99 Å². The van der Waals surface area contributed by atoms with Gasteiger partial charge in [0.1, 0.15) is 6.54 Å². The van der Waals surface area contributed by atoms with Gasteiger partial charge in [-0.2, -0.15) is 4.99 Å². The van der Waals surface area contributed by atoms with E-state index in [-0.39, 0.29) is 33.4 Å². The lowest BCUT2D eigenvalue weighted by molar-refractivity contribution is -0.384. The highest BCUT2D eigenvalue weighted by Gasteiger charge is 2.17. The third-order valence-electron chi connectivity index (χ3n) is 4.79. The molecular weight excluding hydrogens is 502 g/mol. The van der Waals surface area contributed by atoms with Crippen molar-refractivity contribution in [1.82, 2.24) is 4.57 Å². The van der Waals surface area contributed by atoms with Crippen LogP contribution in [0.4, 0.5) is 5.69 Å². The number of ether oxygens (including phenoxy) is 1. The van der Waals surface area contributed by atoms with Crippen LogP contribution >= 0.6 is 22.7 Å². The van der Waals surface area contributed by atoms with Gasteiger partial charge >= 0.3 is 5.97 Å². The molecule has 4 aromatic rings. The van der Waals surface area contributed by atoms with E-state index in [1.807, 2.05) is 0 Å². The van der Waals surface area contributed by atoms with Crippen molar-refractivity contribution in [2.45, 2.75) is 18.4 Å². The summed E-state index contributed by atoms with van der Waals surface area (Å²) >= 11 is 2.21. The van der Waals surface area contributed by atoms with Crippen molar-refractivity contribution in [3.8, 4) is 0 Å².